The number of nitrogens with two attached hydrogens (primary N) is 1. The van der Waals surface area contributed by atoms with Crippen LogP contribution in [0, 0.1) is 0 Å². The van der Waals surface area contributed by atoms with Crippen molar-refractivity contribution >= 4 is 5.91 Å². The van der Waals surface area contributed by atoms with Crippen LogP contribution < -0.4 is 11.1 Å². The number of carbonyl (C=O) groups excluding carboxylic acids is 1. The number of hydrogen-bond acceptors (Lipinski definition) is 3. The molecule has 0 saturated carbocycles. The summed E-state index contributed by atoms with van der Waals surface area (Å²) in [5, 5.41) is 3.06. The van der Waals surface area contributed by atoms with Gasteiger partial charge in [0.25, 0.3) is 0 Å². The fourth-order valence-corrected chi connectivity index (χ4v) is 1.55. The molecule has 0 aromatic carbocycles. The number of nitrogens with zero attached hydrogens (tertiary/aromatic N) is 1. The van der Waals surface area contributed by atoms with Gasteiger partial charge in [-0.25, -0.2) is 0 Å². The fraction of sp³-hybridized carbons (Fsp3) is 0.917. The highest BCUT2D eigenvalue weighted by molar-refractivity contribution is 5.81. The summed E-state index contributed by atoms with van der Waals surface area (Å²) in [6, 6.07) is 0.227. The third kappa shape index (κ3) is 5.47. The SMILES string of the molecule is CCC(CC)NC(=O)C(C)N(C)CCCN. The highest BCUT2D eigenvalue weighted by Crippen LogP contribution is 2.01. The first kappa shape index (κ1) is 15.4. The van der Waals surface area contributed by atoms with Crippen LogP contribution in [-0.4, -0.2) is 43.0 Å². The second-order valence-corrected chi connectivity index (χ2v) is 4.32. The molecule has 1 amide bonds. The molecule has 4 heteroatoms. The average Bonchev–Trinajstić information content (AvgIpc) is 2.31. The number of nitrogens with one attached hydrogen (secondary N) is 1. The second kappa shape index (κ2) is 8.53. The summed E-state index contributed by atoms with van der Waals surface area (Å²) < 4.78 is 0. The second-order valence-electron chi connectivity index (χ2n) is 4.32. The van der Waals surface area contributed by atoms with Crippen molar-refractivity contribution in [2.24, 2.45) is 5.73 Å². The molecule has 0 saturated heterocycles. The van der Waals surface area contributed by atoms with E-state index in [2.05, 4.69) is 19.2 Å². The van der Waals surface area contributed by atoms with Crippen molar-refractivity contribution < 1.29 is 4.79 Å². The summed E-state index contributed by atoms with van der Waals surface area (Å²) in [4.78, 5) is 13.9. The van der Waals surface area contributed by atoms with Gasteiger partial charge in [-0.2, -0.15) is 0 Å². The van der Waals surface area contributed by atoms with Gasteiger partial charge in [-0.3, -0.25) is 9.69 Å². The summed E-state index contributed by atoms with van der Waals surface area (Å²) in [6.45, 7) is 7.67. The monoisotopic (exact) mass is 229 g/mol. The Morgan fingerprint density at radius 3 is 2.38 bits per heavy atom. The molecule has 0 bridgehead atoms. The molecule has 1 atom stereocenters. The lowest BCUT2D eigenvalue weighted by Gasteiger charge is -2.25. The zero-order chi connectivity index (χ0) is 12.6. The zero-order valence-corrected chi connectivity index (χ0v) is 11.1. The molecular weight excluding hydrogens is 202 g/mol. The molecule has 96 valence electrons. The molecule has 0 rings (SSSR count). The Balaban J connectivity index is 4.05. The first-order valence-corrected chi connectivity index (χ1v) is 6.27. The molecule has 0 heterocycles. The molecule has 0 spiro atoms. The standard InChI is InChI=1S/C12H27N3O/c1-5-11(6-2)14-12(16)10(3)15(4)9-7-8-13/h10-11H,5-9,13H2,1-4H3,(H,14,16). The number of rotatable bonds is 8. The Labute approximate surface area is 99.6 Å². The van der Waals surface area contributed by atoms with Crippen LogP contribution in [0.2, 0.25) is 0 Å². The first-order chi connectivity index (χ1) is 7.56. The molecular formula is C12H27N3O. The van der Waals surface area contributed by atoms with Gasteiger partial charge in [-0.15, -0.1) is 0 Å². The zero-order valence-electron chi connectivity index (χ0n) is 11.1. The molecule has 3 N–H and O–H groups in total. The molecule has 0 radical (unpaired) electrons. The van der Waals surface area contributed by atoms with E-state index >= 15 is 0 Å². The van der Waals surface area contributed by atoms with E-state index in [1.807, 2.05) is 18.9 Å². The third-order valence-electron chi connectivity index (χ3n) is 3.09. The molecule has 0 aromatic heterocycles. The van der Waals surface area contributed by atoms with Crippen molar-refractivity contribution in [1.82, 2.24) is 10.2 Å². The van der Waals surface area contributed by atoms with Crippen LogP contribution in [-0.2, 0) is 4.79 Å². The third-order valence-corrected chi connectivity index (χ3v) is 3.09. The van der Waals surface area contributed by atoms with Gasteiger partial charge < -0.3 is 11.1 Å². The summed E-state index contributed by atoms with van der Waals surface area (Å²) in [6.07, 6.45) is 2.90. The van der Waals surface area contributed by atoms with Gasteiger partial charge in [0.2, 0.25) is 5.91 Å². The molecule has 0 aromatic rings. The highest BCUT2D eigenvalue weighted by Gasteiger charge is 2.19. The lowest BCUT2D eigenvalue weighted by atomic mass is 10.1. The van der Waals surface area contributed by atoms with E-state index in [4.69, 9.17) is 5.73 Å². The number of carbonyl (C=O) groups is 1. The van der Waals surface area contributed by atoms with E-state index in [-0.39, 0.29) is 11.9 Å². The Morgan fingerprint density at radius 1 is 1.38 bits per heavy atom. The van der Waals surface area contributed by atoms with Gasteiger partial charge in [0, 0.05) is 6.04 Å². The van der Waals surface area contributed by atoms with Crippen molar-refractivity contribution in [2.45, 2.75) is 52.1 Å². The Morgan fingerprint density at radius 2 is 1.94 bits per heavy atom. The van der Waals surface area contributed by atoms with E-state index in [0.717, 1.165) is 25.8 Å². The Kier molecular flexibility index (Phi) is 8.21. The topological polar surface area (TPSA) is 58.4 Å². The molecule has 4 nitrogen and oxygen atoms in total. The maximum Gasteiger partial charge on any atom is 0.237 e. The molecule has 0 aliphatic rings. The van der Waals surface area contributed by atoms with Gasteiger partial charge in [0.15, 0.2) is 0 Å². The van der Waals surface area contributed by atoms with Crippen molar-refractivity contribution in [1.29, 1.82) is 0 Å². The van der Waals surface area contributed by atoms with Crippen LogP contribution in [0.15, 0.2) is 0 Å². The molecule has 0 aliphatic heterocycles. The number of amides is 1. The maximum absolute atomic E-state index is 11.9. The van der Waals surface area contributed by atoms with Gasteiger partial charge in [-0.05, 0) is 46.3 Å². The highest BCUT2D eigenvalue weighted by atomic mass is 16.2. The minimum Gasteiger partial charge on any atom is -0.352 e. The quantitative estimate of drug-likeness (QED) is 0.652. The van der Waals surface area contributed by atoms with Crippen LogP contribution >= 0.6 is 0 Å². The predicted octanol–water partition coefficient (Wildman–Crippen LogP) is 0.960. The summed E-state index contributed by atoms with van der Waals surface area (Å²) in [7, 11) is 1.97. The minimum atomic E-state index is -0.0767. The van der Waals surface area contributed by atoms with E-state index < -0.39 is 0 Å². The van der Waals surface area contributed by atoms with Gasteiger partial charge >= 0.3 is 0 Å². The molecule has 16 heavy (non-hydrogen) atoms. The smallest absolute Gasteiger partial charge is 0.237 e. The van der Waals surface area contributed by atoms with Crippen molar-refractivity contribution in [2.75, 3.05) is 20.1 Å². The number of likely N-dealkylation sites (N-methyl/N-ethyl adjacent to an activating group) is 1. The van der Waals surface area contributed by atoms with E-state index in [1.165, 1.54) is 0 Å². The largest absolute Gasteiger partial charge is 0.352 e. The van der Waals surface area contributed by atoms with E-state index in [0.29, 0.717) is 12.6 Å². The van der Waals surface area contributed by atoms with Crippen LogP contribution in [0.3, 0.4) is 0 Å². The summed E-state index contributed by atoms with van der Waals surface area (Å²) in [5.41, 5.74) is 5.45. The summed E-state index contributed by atoms with van der Waals surface area (Å²) >= 11 is 0. The van der Waals surface area contributed by atoms with E-state index in [9.17, 15) is 4.79 Å². The van der Waals surface area contributed by atoms with Gasteiger partial charge in [-0.1, -0.05) is 13.8 Å². The normalized spacial score (nSPS) is 13.2. The lowest BCUT2D eigenvalue weighted by Crippen LogP contribution is -2.47. The number of hydrogen-bond donors (Lipinski definition) is 2. The van der Waals surface area contributed by atoms with Crippen molar-refractivity contribution in [3.8, 4) is 0 Å². The lowest BCUT2D eigenvalue weighted by molar-refractivity contribution is -0.126. The van der Waals surface area contributed by atoms with Crippen LogP contribution in [0.4, 0.5) is 0 Å². The van der Waals surface area contributed by atoms with Crippen molar-refractivity contribution in [3.05, 3.63) is 0 Å². The Bertz CT molecular complexity index is 193. The fourth-order valence-electron chi connectivity index (χ4n) is 1.55. The summed E-state index contributed by atoms with van der Waals surface area (Å²) in [5.74, 6) is 0.119. The van der Waals surface area contributed by atoms with Crippen LogP contribution in [0.1, 0.15) is 40.0 Å². The average molecular weight is 229 g/mol. The van der Waals surface area contributed by atoms with Crippen LogP contribution in [0.5, 0.6) is 0 Å². The minimum absolute atomic E-state index is 0.0767. The predicted molar refractivity (Wildman–Crippen MR) is 68.3 cm³/mol. The van der Waals surface area contributed by atoms with Crippen molar-refractivity contribution in [3.63, 3.8) is 0 Å². The molecule has 0 fully saturated rings. The Hall–Kier alpha value is -0.610. The maximum atomic E-state index is 11.9. The van der Waals surface area contributed by atoms with Gasteiger partial charge in [0.05, 0.1) is 6.04 Å². The first-order valence-electron chi connectivity index (χ1n) is 6.27. The van der Waals surface area contributed by atoms with E-state index in [1.54, 1.807) is 0 Å². The molecule has 1 unspecified atom stereocenters. The van der Waals surface area contributed by atoms with Crippen LogP contribution in [0.25, 0.3) is 0 Å². The van der Waals surface area contributed by atoms with Gasteiger partial charge in [0.1, 0.15) is 0 Å². The molecule has 0 aliphatic carbocycles.